The summed E-state index contributed by atoms with van der Waals surface area (Å²) in [5, 5.41) is 2.26. The van der Waals surface area contributed by atoms with Gasteiger partial charge < -0.3 is 9.47 Å². The van der Waals surface area contributed by atoms with Gasteiger partial charge in [-0.2, -0.15) is 0 Å². The number of aromatic nitrogens is 1. The zero-order valence-corrected chi connectivity index (χ0v) is 14.0. The fraction of sp³-hybridized carbons (Fsp3) is 0.500. The fourth-order valence-corrected chi connectivity index (χ4v) is 2.73. The second kappa shape index (κ2) is 5.29. The van der Waals surface area contributed by atoms with Crippen molar-refractivity contribution in [3.63, 3.8) is 0 Å². The highest BCUT2D eigenvalue weighted by Crippen LogP contribution is 2.25. The van der Waals surface area contributed by atoms with Gasteiger partial charge in [0.05, 0.1) is 0 Å². The second-order valence-electron chi connectivity index (χ2n) is 5.87. The maximum absolute atomic E-state index is 12.8. The summed E-state index contributed by atoms with van der Waals surface area (Å²) in [5.41, 5.74) is -0.615. The Kier molecular flexibility index (Phi) is 3.97. The van der Waals surface area contributed by atoms with Gasteiger partial charge in [-0.15, -0.1) is 0 Å². The van der Waals surface area contributed by atoms with Crippen LogP contribution in [0.3, 0.4) is 0 Å². The molecule has 0 radical (unpaired) electrons. The van der Waals surface area contributed by atoms with E-state index < -0.39 is 17.4 Å². The van der Waals surface area contributed by atoms with Crippen LogP contribution in [0.2, 0.25) is 0 Å². The van der Waals surface area contributed by atoms with Crippen LogP contribution in [-0.4, -0.2) is 39.3 Å². The maximum atomic E-state index is 12.8. The van der Waals surface area contributed by atoms with Crippen LogP contribution in [0, 0.1) is 0 Å². The van der Waals surface area contributed by atoms with Gasteiger partial charge in [0.15, 0.2) is 0 Å². The first-order chi connectivity index (χ1) is 9.64. The van der Waals surface area contributed by atoms with E-state index >= 15 is 0 Å². The molecule has 1 aromatic rings. The molecule has 0 bridgehead atoms. The van der Waals surface area contributed by atoms with Crippen LogP contribution >= 0.6 is 15.9 Å². The average molecular weight is 356 g/mol. The van der Waals surface area contributed by atoms with E-state index in [0.29, 0.717) is 5.69 Å². The van der Waals surface area contributed by atoms with Crippen molar-refractivity contribution in [1.29, 1.82) is 0 Å². The molecule has 21 heavy (non-hydrogen) atoms. The van der Waals surface area contributed by atoms with Gasteiger partial charge in [0.2, 0.25) is 5.91 Å². The van der Waals surface area contributed by atoms with Gasteiger partial charge in [-0.3, -0.25) is 19.7 Å². The first-order valence-electron chi connectivity index (χ1n) is 6.68. The van der Waals surface area contributed by atoms with E-state index in [0.717, 1.165) is 4.47 Å². The predicted octanol–water partition coefficient (Wildman–Crippen LogP) is 1.71. The van der Waals surface area contributed by atoms with Crippen molar-refractivity contribution in [1.82, 2.24) is 14.8 Å². The van der Waals surface area contributed by atoms with E-state index in [9.17, 15) is 14.4 Å². The summed E-state index contributed by atoms with van der Waals surface area (Å²) in [4.78, 5) is 37.7. The summed E-state index contributed by atoms with van der Waals surface area (Å²) in [6.45, 7) is 7.05. The predicted molar refractivity (Wildman–Crippen MR) is 80.8 cm³/mol. The molecule has 1 aliphatic heterocycles. The lowest BCUT2D eigenvalue weighted by Gasteiger charge is -2.40. The average Bonchev–Trinajstić information content (AvgIpc) is 2.75. The summed E-state index contributed by atoms with van der Waals surface area (Å²) >= 11 is 3.36. The minimum absolute atomic E-state index is 0.0904. The van der Waals surface area contributed by atoms with Gasteiger partial charge in [-0.25, -0.2) is 0 Å². The number of piperazine rings is 1. The van der Waals surface area contributed by atoms with Crippen molar-refractivity contribution < 1.29 is 14.4 Å². The highest BCUT2D eigenvalue weighted by atomic mass is 79.9. The van der Waals surface area contributed by atoms with Gasteiger partial charge in [-0.1, -0.05) is 0 Å². The molecule has 1 aromatic heterocycles. The van der Waals surface area contributed by atoms with Crippen molar-refractivity contribution in [3.05, 3.63) is 22.4 Å². The molecular weight excluding hydrogens is 338 g/mol. The van der Waals surface area contributed by atoms with Crippen LogP contribution in [0.15, 0.2) is 16.7 Å². The maximum Gasteiger partial charge on any atom is 0.271 e. The number of rotatable bonds is 2. The topological polar surface area (TPSA) is 71.4 Å². The van der Waals surface area contributed by atoms with Crippen molar-refractivity contribution in [2.24, 2.45) is 0 Å². The van der Waals surface area contributed by atoms with E-state index in [-0.39, 0.29) is 18.5 Å². The number of amides is 3. The highest BCUT2D eigenvalue weighted by Gasteiger charge is 2.44. The molecule has 0 aromatic carbocycles. The lowest BCUT2D eigenvalue weighted by molar-refractivity contribution is -0.143. The van der Waals surface area contributed by atoms with E-state index in [1.165, 1.54) is 4.90 Å². The first-order valence-corrected chi connectivity index (χ1v) is 7.47. The Morgan fingerprint density at radius 3 is 2.57 bits per heavy atom. The molecule has 1 saturated heterocycles. The number of nitrogens with one attached hydrogen (secondary N) is 1. The monoisotopic (exact) mass is 355 g/mol. The zero-order valence-electron chi connectivity index (χ0n) is 12.4. The summed E-state index contributed by atoms with van der Waals surface area (Å²) in [6.07, 6.45) is 1.82. The minimum Gasteiger partial charge on any atom is -0.340 e. The number of nitrogens with zero attached hydrogens (tertiary/aromatic N) is 2. The summed E-state index contributed by atoms with van der Waals surface area (Å²) in [5.74, 6) is -1.26. The molecule has 2 heterocycles. The Hall–Kier alpha value is -1.63. The molecule has 3 amide bonds. The Balaban J connectivity index is 2.43. The first kappa shape index (κ1) is 15.8. The van der Waals surface area contributed by atoms with Crippen LogP contribution in [0.1, 0.15) is 44.2 Å². The Labute approximate surface area is 131 Å². The number of imide groups is 1. The molecule has 0 atom stereocenters. The molecule has 0 saturated carbocycles. The Morgan fingerprint density at radius 1 is 1.38 bits per heavy atom. The van der Waals surface area contributed by atoms with E-state index in [2.05, 4.69) is 21.2 Å². The normalized spacial score (nSPS) is 18.1. The fourth-order valence-electron chi connectivity index (χ4n) is 2.29. The number of hydrogen-bond acceptors (Lipinski definition) is 3. The van der Waals surface area contributed by atoms with Crippen LogP contribution in [0.4, 0.5) is 0 Å². The SMILES string of the molecule is CC(C)n1cc(Br)cc1C(=O)N1CC(=O)NC(=O)C1(C)C. The van der Waals surface area contributed by atoms with Gasteiger partial charge in [0.1, 0.15) is 17.8 Å². The van der Waals surface area contributed by atoms with Crippen LogP contribution in [0.25, 0.3) is 0 Å². The van der Waals surface area contributed by atoms with E-state index in [1.807, 2.05) is 24.6 Å². The smallest absolute Gasteiger partial charge is 0.271 e. The van der Waals surface area contributed by atoms with Gasteiger partial charge in [0, 0.05) is 16.7 Å². The number of carbonyl (C=O) groups is 3. The van der Waals surface area contributed by atoms with Gasteiger partial charge in [0.25, 0.3) is 11.8 Å². The molecule has 0 unspecified atom stereocenters. The molecule has 7 heteroatoms. The third-order valence-electron chi connectivity index (χ3n) is 3.62. The zero-order chi connectivity index (χ0) is 15.9. The molecule has 1 N–H and O–H groups in total. The van der Waals surface area contributed by atoms with E-state index in [1.54, 1.807) is 19.9 Å². The van der Waals surface area contributed by atoms with Gasteiger partial charge in [-0.05, 0) is 49.7 Å². The molecule has 1 aliphatic rings. The van der Waals surface area contributed by atoms with Crippen molar-refractivity contribution in [2.45, 2.75) is 39.3 Å². The molecule has 6 nitrogen and oxygen atoms in total. The standard InChI is InChI=1S/C14H18BrN3O3/c1-8(2)17-6-9(15)5-10(17)12(20)18-7-11(19)16-13(21)14(18,3)4/h5-6,8H,7H2,1-4H3,(H,16,19,21). The third-order valence-corrected chi connectivity index (χ3v) is 4.05. The van der Waals surface area contributed by atoms with Crippen molar-refractivity contribution in [3.8, 4) is 0 Å². The Morgan fingerprint density at radius 2 is 2.00 bits per heavy atom. The van der Waals surface area contributed by atoms with Crippen molar-refractivity contribution in [2.75, 3.05) is 6.54 Å². The largest absolute Gasteiger partial charge is 0.340 e. The molecule has 114 valence electrons. The molecular formula is C14H18BrN3O3. The van der Waals surface area contributed by atoms with Crippen LogP contribution in [0.5, 0.6) is 0 Å². The summed E-state index contributed by atoms with van der Waals surface area (Å²) in [6, 6.07) is 1.79. The van der Waals surface area contributed by atoms with E-state index in [4.69, 9.17) is 0 Å². The summed E-state index contributed by atoms with van der Waals surface area (Å²) < 4.78 is 2.60. The Bertz CT molecular complexity index is 619. The molecule has 1 fully saturated rings. The minimum atomic E-state index is -1.07. The number of halogens is 1. The highest BCUT2D eigenvalue weighted by molar-refractivity contribution is 9.10. The number of carbonyl (C=O) groups excluding carboxylic acids is 3. The quantitative estimate of drug-likeness (QED) is 0.820. The molecule has 0 spiro atoms. The van der Waals surface area contributed by atoms with Crippen LogP contribution in [-0.2, 0) is 9.59 Å². The van der Waals surface area contributed by atoms with Crippen molar-refractivity contribution >= 4 is 33.7 Å². The van der Waals surface area contributed by atoms with Gasteiger partial charge >= 0.3 is 0 Å². The third kappa shape index (κ3) is 2.74. The second-order valence-corrected chi connectivity index (χ2v) is 6.79. The molecule has 0 aliphatic carbocycles. The lowest BCUT2D eigenvalue weighted by Crippen LogP contribution is -2.65. The number of hydrogen-bond donors (Lipinski definition) is 1. The lowest BCUT2D eigenvalue weighted by atomic mass is 9.98. The summed E-state index contributed by atoms with van der Waals surface area (Å²) in [7, 11) is 0. The van der Waals surface area contributed by atoms with Crippen LogP contribution < -0.4 is 5.32 Å². The molecule has 2 rings (SSSR count).